The first-order chi connectivity index (χ1) is 11.7. The summed E-state index contributed by atoms with van der Waals surface area (Å²) < 4.78 is 0. The highest BCUT2D eigenvalue weighted by atomic mass is 16.1. The minimum absolute atomic E-state index is 0.108. The minimum Gasteiger partial charge on any atom is -0.369 e. The number of carbonyl (C=O) groups excluding carboxylic acids is 1. The van der Waals surface area contributed by atoms with Gasteiger partial charge in [0.25, 0.3) is 0 Å². The standard InChI is InChI=1S/C20H19N3O/c21-20(24)18-13-23(12-17(18)14-6-2-1-3-7-14)19-10-15-8-4-5-9-16(15)11-22-19/h1-11,17-18H,12-13H2,(H2,21,24). The van der Waals surface area contributed by atoms with Crippen LogP contribution in [-0.4, -0.2) is 24.0 Å². The molecule has 2 heterocycles. The second kappa shape index (κ2) is 5.96. The van der Waals surface area contributed by atoms with Gasteiger partial charge in [0.15, 0.2) is 0 Å². The minimum atomic E-state index is -0.243. The van der Waals surface area contributed by atoms with Crippen molar-refractivity contribution in [2.45, 2.75) is 5.92 Å². The van der Waals surface area contributed by atoms with E-state index < -0.39 is 0 Å². The number of rotatable bonds is 3. The van der Waals surface area contributed by atoms with Crippen molar-refractivity contribution in [3.05, 3.63) is 72.4 Å². The number of pyridine rings is 1. The molecule has 2 unspecified atom stereocenters. The maximum atomic E-state index is 11.9. The average molecular weight is 317 g/mol. The predicted molar refractivity (Wildman–Crippen MR) is 95.8 cm³/mol. The number of fused-ring (bicyclic) bond motifs is 1. The van der Waals surface area contributed by atoms with Crippen LogP contribution in [0.5, 0.6) is 0 Å². The van der Waals surface area contributed by atoms with Crippen molar-refractivity contribution in [2.75, 3.05) is 18.0 Å². The maximum absolute atomic E-state index is 11.9. The van der Waals surface area contributed by atoms with Crippen LogP contribution in [0.25, 0.3) is 10.8 Å². The van der Waals surface area contributed by atoms with E-state index in [1.54, 1.807) is 0 Å². The van der Waals surface area contributed by atoms with E-state index in [0.29, 0.717) is 6.54 Å². The number of aromatic nitrogens is 1. The molecule has 1 aromatic heterocycles. The second-order valence-corrected chi connectivity index (χ2v) is 6.32. The molecule has 4 rings (SSSR count). The molecular formula is C20H19N3O. The van der Waals surface area contributed by atoms with Gasteiger partial charge in [-0.05, 0) is 17.0 Å². The van der Waals surface area contributed by atoms with Gasteiger partial charge in [-0.15, -0.1) is 0 Å². The van der Waals surface area contributed by atoms with Crippen molar-refractivity contribution in [3.63, 3.8) is 0 Å². The summed E-state index contributed by atoms with van der Waals surface area (Å²) in [6, 6.07) is 20.4. The number of primary amides is 1. The second-order valence-electron chi connectivity index (χ2n) is 6.32. The number of anilines is 1. The van der Waals surface area contributed by atoms with Crippen molar-refractivity contribution >= 4 is 22.5 Å². The average Bonchev–Trinajstić information content (AvgIpc) is 3.08. The molecule has 3 aromatic rings. The Morgan fingerprint density at radius 1 is 1.00 bits per heavy atom. The monoisotopic (exact) mass is 317 g/mol. The number of nitrogens with zero attached hydrogens (tertiary/aromatic N) is 2. The first-order valence-corrected chi connectivity index (χ1v) is 8.16. The largest absolute Gasteiger partial charge is 0.369 e. The van der Waals surface area contributed by atoms with Gasteiger partial charge in [-0.3, -0.25) is 4.79 Å². The molecule has 1 saturated heterocycles. The van der Waals surface area contributed by atoms with Gasteiger partial charge in [0, 0.05) is 30.6 Å². The first kappa shape index (κ1) is 14.7. The summed E-state index contributed by atoms with van der Waals surface area (Å²) in [7, 11) is 0. The number of hydrogen-bond donors (Lipinski definition) is 1. The summed E-state index contributed by atoms with van der Waals surface area (Å²) in [4.78, 5) is 18.7. The smallest absolute Gasteiger partial charge is 0.223 e. The number of amides is 1. The van der Waals surface area contributed by atoms with Crippen LogP contribution in [0.15, 0.2) is 66.9 Å². The lowest BCUT2D eigenvalue weighted by atomic mass is 9.89. The van der Waals surface area contributed by atoms with E-state index >= 15 is 0 Å². The summed E-state index contributed by atoms with van der Waals surface area (Å²) in [5.74, 6) is 0.572. The van der Waals surface area contributed by atoms with Crippen LogP contribution in [0.3, 0.4) is 0 Å². The molecule has 1 amide bonds. The SMILES string of the molecule is NC(=O)C1CN(c2cc3ccccc3cn2)CC1c1ccccc1. The zero-order valence-electron chi connectivity index (χ0n) is 13.3. The number of carbonyl (C=O) groups is 1. The molecule has 0 saturated carbocycles. The molecule has 1 aliphatic rings. The molecule has 1 aliphatic heterocycles. The van der Waals surface area contributed by atoms with E-state index in [1.165, 1.54) is 0 Å². The number of benzene rings is 2. The molecule has 4 heteroatoms. The zero-order valence-corrected chi connectivity index (χ0v) is 13.3. The summed E-state index contributed by atoms with van der Waals surface area (Å²) in [5, 5.41) is 2.27. The Balaban J connectivity index is 1.67. The first-order valence-electron chi connectivity index (χ1n) is 8.16. The third kappa shape index (κ3) is 2.60. The van der Waals surface area contributed by atoms with Crippen LogP contribution in [0.2, 0.25) is 0 Å². The summed E-state index contributed by atoms with van der Waals surface area (Å²) >= 11 is 0. The summed E-state index contributed by atoms with van der Waals surface area (Å²) in [5.41, 5.74) is 6.83. The number of nitrogens with two attached hydrogens (primary N) is 1. The molecule has 0 radical (unpaired) electrons. The zero-order chi connectivity index (χ0) is 16.5. The fourth-order valence-electron chi connectivity index (χ4n) is 3.56. The molecule has 0 aliphatic carbocycles. The fraction of sp³-hybridized carbons (Fsp3) is 0.200. The van der Waals surface area contributed by atoms with Gasteiger partial charge in [-0.2, -0.15) is 0 Å². The normalized spacial score (nSPS) is 20.4. The molecule has 24 heavy (non-hydrogen) atoms. The van der Waals surface area contributed by atoms with Gasteiger partial charge in [-0.1, -0.05) is 54.6 Å². The lowest BCUT2D eigenvalue weighted by Gasteiger charge is -2.18. The van der Waals surface area contributed by atoms with E-state index in [0.717, 1.165) is 28.7 Å². The topological polar surface area (TPSA) is 59.2 Å². The van der Waals surface area contributed by atoms with Gasteiger partial charge in [0.05, 0.1) is 5.92 Å². The van der Waals surface area contributed by atoms with Crippen LogP contribution >= 0.6 is 0 Å². The third-order valence-electron chi connectivity index (χ3n) is 4.85. The van der Waals surface area contributed by atoms with Gasteiger partial charge in [-0.25, -0.2) is 4.98 Å². The lowest BCUT2D eigenvalue weighted by molar-refractivity contribution is -0.121. The lowest BCUT2D eigenvalue weighted by Crippen LogP contribution is -2.29. The van der Waals surface area contributed by atoms with E-state index in [9.17, 15) is 4.79 Å². The summed E-state index contributed by atoms with van der Waals surface area (Å²) in [6.45, 7) is 1.36. The van der Waals surface area contributed by atoms with E-state index in [4.69, 9.17) is 5.73 Å². The highest BCUT2D eigenvalue weighted by molar-refractivity contribution is 5.84. The Bertz CT molecular complexity index is 878. The maximum Gasteiger partial charge on any atom is 0.223 e. The van der Waals surface area contributed by atoms with Gasteiger partial charge < -0.3 is 10.6 Å². The van der Waals surface area contributed by atoms with Gasteiger partial charge >= 0.3 is 0 Å². The van der Waals surface area contributed by atoms with Crippen LogP contribution < -0.4 is 10.6 Å². The Kier molecular flexibility index (Phi) is 3.65. The van der Waals surface area contributed by atoms with Gasteiger partial charge in [0.2, 0.25) is 5.91 Å². The molecular weight excluding hydrogens is 298 g/mol. The molecule has 120 valence electrons. The van der Waals surface area contributed by atoms with Crippen molar-refractivity contribution < 1.29 is 4.79 Å². The van der Waals surface area contributed by atoms with E-state index in [2.05, 4.69) is 40.2 Å². The van der Waals surface area contributed by atoms with Crippen molar-refractivity contribution in [3.8, 4) is 0 Å². The highest BCUT2D eigenvalue weighted by Crippen LogP contribution is 2.35. The van der Waals surface area contributed by atoms with Crippen LogP contribution in [0.4, 0.5) is 5.82 Å². The van der Waals surface area contributed by atoms with Crippen molar-refractivity contribution in [1.29, 1.82) is 0 Å². The number of hydrogen-bond acceptors (Lipinski definition) is 3. The molecule has 4 nitrogen and oxygen atoms in total. The van der Waals surface area contributed by atoms with Crippen molar-refractivity contribution in [2.24, 2.45) is 11.7 Å². The fourth-order valence-corrected chi connectivity index (χ4v) is 3.56. The molecule has 2 aromatic carbocycles. The Hall–Kier alpha value is -2.88. The van der Waals surface area contributed by atoms with E-state index in [-0.39, 0.29) is 17.7 Å². The Morgan fingerprint density at radius 3 is 2.46 bits per heavy atom. The Morgan fingerprint density at radius 2 is 1.71 bits per heavy atom. The van der Waals surface area contributed by atoms with E-state index in [1.807, 2.05) is 36.5 Å². The van der Waals surface area contributed by atoms with Crippen LogP contribution in [0, 0.1) is 5.92 Å². The van der Waals surface area contributed by atoms with Crippen LogP contribution in [-0.2, 0) is 4.79 Å². The van der Waals surface area contributed by atoms with Crippen LogP contribution in [0.1, 0.15) is 11.5 Å². The molecule has 1 fully saturated rings. The Labute approximate surface area is 140 Å². The summed E-state index contributed by atoms with van der Waals surface area (Å²) in [6.07, 6.45) is 1.89. The quantitative estimate of drug-likeness (QED) is 0.808. The highest BCUT2D eigenvalue weighted by Gasteiger charge is 2.37. The predicted octanol–water partition coefficient (Wildman–Crippen LogP) is 2.94. The molecule has 2 atom stereocenters. The molecule has 0 spiro atoms. The third-order valence-corrected chi connectivity index (χ3v) is 4.85. The molecule has 2 N–H and O–H groups in total. The molecule has 0 bridgehead atoms. The van der Waals surface area contributed by atoms with Crippen molar-refractivity contribution in [1.82, 2.24) is 4.98 Å². The van der Waals surface area contributed by atoms with Gasteiger partial charge in [0.1, 0.15) is 5.82 Å².